The number of aromatic nitrogens is 4. The summed E-state index contributed by atoms with van der Waals surface area (Å²) in [5.41, 5.74) is 6.45. The van der Waals surface area contributed by atoms with Gasteiger partial charge < -0.3 is 10.2 Å². The second-order valence-corrected chi connectivity index (χ2v) is 2.95. The Morgan fingerprint density at radius 1 is 1.57 bits per heavy atom. The molecule has 2 rings (SSSR count). The third-order valence-corrected chi connectivity index (χ3v) is 1.94. The molecule has 0 fully saturated rings. The van der Waals surface area contributed by atoms with Crippen molar-refractivity contribution in [1.29, 1.82) is 0 Å². The first kappa shape index (κ1) is 8.89. The molecule has 0 aliphatic rings. The topological polar surface area (TPSA) is 82.8 Å². The highest BCUT2D eigenvalue weighted by molar-refractivity contribution is 5.51. The second kappa shape index (κ2) is 3.59. The minimum atomic E-state index is 0.498. The smallest absolute Gasteiger partial charge is 0.218 e. The Bertz CT molecular complexity index is 419. The minimum absolute atomic E-state index is 0.498. The van der Waals surface area contributed by atoms with Gasteiger partial charge >= 0.3 is 0 Å². The summed E-state index contributed by atoms with van der Waals surface area (Å²) in [6.07, 6.45) is 1.62. The zero-order chi connectivity index (χ0) is 9.97. The van der Waals surface area contributed by atoms with Crippen molar-refractivity contribution in [3.8, 4) is 11.6 Å². The van der Waals surface area contributed by atoms with Crippen LogP contribution in [0.15, 0.2) is 16.7 Å². The van der Waals surface area contributed by atoms with Crippen LogP contribution in [-0.4, -0.2) is 26.8 Å². The van der Waals surface area contributed by atoms with E-state index in [9.17, 15) is 0 Å². The molecule has 2 heterocycles. The highest BCUT2D eigenvalue weighted by Gasteiger charge is 2.13. The van der Waals surface area contributed by atoms with Crippen LogP contribution in [0, 0.1) is 6.92 Å². The lowest BCUT2D eigenvalue weighted by Crippen LogP contribution is -2.12. The third-order valence-electron chi connectivity index (χ3n) is 1.94. The van der Waals surface area contributed by atoms with Gasteiger partial charge in [0.25, 0.3) is 0 Å². The molecule has 6 heteroatoms. The van der Waals surface area contributed by atoms with Crippen LogP contribution in [0.3, 0.4) is 0 Å². The molecule has 2 N–H and O–H groups in total. The van der Waals surface area contributed by atoms with E-state index >= 15 is 0 Å². The monoisotopic (exact) mass is 193 g/mol. The lowest BCUT2D eigenvalue weighted by molar-refractivity contribution is 0.553. The van der Waals surface area contributed by atoms with Crippen molar-refractivity contribution in [2.75, 3.05) is 6.54 Å². The fourth-order valence-electron chi connectivity index (χ4n) is 1.24. The van der Waals surface area contributed by atoms with Crippen molar-refractivity contribution in [2.24, 2.45) is 5.73 Å². The molecule has 0 aromatic carbocycles. The number of hydrogen-bond donors (Lipinski definition) is 1. The average Bonchev–Trinajstić information content (AvgIpc) is 2.74. The summed E-state index contributed by atoms with van der Waals surface area (Å²) in [5, 5.41) is 11.3. The Labute approximate surface area is 80.7 Å². The van der Waals surface area contributed by atoms with Gasteiger partial charge in [-0.2, -0.15) is 0 Å². The van der Waals surface area contributed by atoms with E-state index in [0.29, 0.717) is 24.7 Å². The van der Waals surface area contributed by atoms with Gasteiger partial charge in [-0.15, -0.1) is 5.10 Å². The van der Waals surface area contributed by atoms with Gasteiger partial charge in [0, 0.05) is 6.54 Å². The van der Waals surface area contributed by atoms with Crippen LogP contribution in [0.4, 0.5) is 0 Å². The molecule has 74 valence electrons. The van der Waals surface area contributed by atoms with E-state index in [1.165, 1.54) is 0 Å². The first-order valence-electron chi connectivity index (χ1n) is 4.33. The summed E-state index contributed by atoms with van der Waals surface area (Å²) >= 11 is 0. The van der Waals surface area contributed by atoms with Crippen LogP contribution in [0.25, 0.3) is 11.6 Å². The van der Waals surface area contributed by atoms with Gasteiger partial charge in [-0.25, -0.2) is 4.68 Å². The van der Waals surface area contributed by atoms with Gasteiger partial charge in [0.05, 0.1) is 12.8 Å². The lowest BCUT2D eigenvalue weighted by Gasteiger charge is -1.99. The van der Waals surface area contributed by atoms with E-state index in [4.69, 9.17) is 10.2 Å². The standard InChI is InChI=1S/C8H11N5O/c1-6-2-5-14-7(6)8-10-11-12-13(8)4-3-9/h2,5H,3-4,9H2,1H3. The number of nitrogens with zero attached hydrogens (tertiary/aromatic N) is 4. The van der Waals surface area contributed by atoms with Crippen molar-refractivity contribution in [3.05, 3.63) is 17.9 Å². The first-order valence-corrected chi connectivity index (χ1v) is 4.33. The van der Waals surface area contributed by atoms with Crippen LogP contribution in [0.5, 0.6) is 0 Å². The molecule has 6 nitrogen and oxygen atoms in total. The fourth-order valence-corrected chi connectivity index (χ4v) is 1.24. The van der Waals surface area contributed by atoms with E-state index in [1.54, 1.807) is 10.9 Å². The number of furan rings is 1. The molecule has 0 bridgehead atoms. The van der Waals surface area contributed by atoms with E-state index in [-0.39, 0.29) is 0 Å². The minimum Gasteiger partial charge on any atom is -0.461 e. The van der Waals surface area contributed by atoms with E-state index < -0.39 is 0 Å². The molecule has 0 saturated carbocycles. The van der Waals surface area contributed by atoms with E-state index in [0.717, 1.165) is 5.56 Å². The highest BCUT2D eigenvalue weighted by Crippen LogP contribution is 2.20. The van der Waals surface area contributed by atoms with Gasteiger partial charge in [0.2, 0.25) is 5.82 Å². The molecule has 0 amide bonds. The zero-order valence-corrected chi connectivity index (χ0v) is 7.84. The molecule has 2 aromatic heterocycles. The van der Waals surface area contributed by atoms with Gasteiger partial charge in [-0.3, -0.25) is 0 Å². The summed E-state index contributed by atoms with van der Waals surface area (Å²) in [7, 11) is 0. The maximum atomic E-state index is 5.43. The maximum absolute atomic E-state index is 5.43. The number of rotatable bonds is 3. The molecular formula is C8H11N5O. The molecule has 0 radical (unpaired) electrons. The lowest BCUT2D eigenvalue weighted by atomic mass is 10.3. The van der Waals surface area contributed by atoms with Crippen LogP contribution >= 0.6 is 0 Å². The number of aryl methyl sites for hydroxylation is 1. The number of nitrogens with two attached hydrogens (primary N) is 1. The first-order chi connectivity index (χ1) is 6.83. The number of tetrazole rings is 1. The summed E-state index contributed by atoms with van der Waals surface area (Å²) in [5.74, 6) is 1.32. The summed E-state index contributed by atoms with van der Waals surface area (Å²) < 4.78 is 6.92. The molecule has 0 saturated heterocycles. The average molecular weight is 193 g/mol. The van der Waals surface area contributed by atoms with Gasteiger partial charge in [-0.1, -0.05) is 0 Å². The zero-order valence-electron chi connectivity index (χ0n) is 7.84. The Kier molecular flexibility index (Phi) is 2.28. The van der Waals surface area contributed by atoms with Crippen molar-refractivity contribution in [2.45, 2.75) is 13.5 Å². The largest absolute Gasteiger partial charge is 0.461 e. The molecule has 0 atom stereocenters. The fraction of sp³-hybridized carbons (Fsp3) is 0.375. The summed E-state index contributed by atoms with van der Waals surface area (Å²) in [4.78, 5) is 0. The predicted octanol–water partition coefficient (Wildman–Crippen LogP) is 0.200. The van der Waals surface area contributed by atoms with Crippen LogP contribution < -0.4 is 5.73 Å². The maximum Gasteiger partial charge on any atom is 0.218 e. The summed E-state index contributed by atoms with van der Waals surface area (Å²) in [6, 6.07) is 1.87. The van der Waals surface area contributed by atoms with Crippen LogP contribution in [0.1, 0.15) is 5.56 Å². The number of hydrogen-bond acceptors (Lipinski definition) is 5. The second-order valence-electron chi connectivity index (χ2n) is 2.95. The van der Waals surface area contributed by atoms with E-state index in [1.807, 2.05) is 13.0 Å². The highest BCUT2D eigenvalue weighted by atomic mass is 16.3. The molecule has 14 heavy (non-hydrogen) atoms. The Hall–Kier alpha value is -1.69. The molecule has 0 unspecified atom stereocenters. The van der Waals surface area contributed by atoms with Gasteiger partial charge in [-0.05, 0) is 29.0 Å². The molecular weight excluding hydrogens is 182 g/mol. The molecule has 0 aliphatic heterocycles. The van der Waals surface area contributed by atoms with Gasteiger partial charge in [0.1, 0.15) is 0 Å². The van der Waals surface area contributed by atoms with E-state index in [2.05, 4.69) is 15.5 Å². The predicted molar refractivity (Wildman–Crippen MR) is 49.3 cm³/mol. The van der Waals surface area contributed by atoms with Crippen molar-refractivity contribution in [1.82, 2.24) is 20.2 Å². The third kappa shape index (κ3) is 1.39. The SMILES string of the molecule is Cc1ccoc1-c1nnnn1CCN. The van der Waals surface area contributed by atoms with Crippen molar-refractivity contribution >= 4 is 0 Å². The van der Waals surface area contributed by atoms with Crippen LogP contribution in [-0.2, 0) is 6.54 Å². The summed E-state index contributed by atoms with van der Waals surface area (Å²) in [6.45, 7) is 3.03. The van der Waals surface area contributed by atoms with Crippen LogP contribution in [0.2, 0.25) is 0 Å². The van der Waals surface area contributed by atoms with Crippen molar-refractivity contribution < 1.29 is 4.42 Å². The van der Waals surface area contributed by atoms with Crippen molar-refractivity contribution in [3.63, 3.8) is 0 Å². The van der Waals surface area contributed by atoms with Gasteiger partial charge in [0.15, 0.2) is 5.76 Å². The Morgan fingerprint density at radius 3 is 3.07 bits per heavy atom. The normalized spacial score (nSPS) is 10.7. The quantitative estimate of drug-likeness (QED) is 0.752. The Morgan fingerprint density at radius 2 is 2.43 bits per heavy atom. The molecule has 0 aliphatic carbocycles. The molecule has 0 spiro atoms. The molecule has 2 aromatic rings. The Balaban J connectivity index is 2.41.